The molecule has 26 heavy (non-hydrogen) atoms. The zero-order valence-corrected chi connectivity index (χ0v) is 14.9. The van der Waals surface area contributed by atoms with Crippen LogP contribution in [0, 0.1) is 11.7 Å². The van der Waals surface area contributed by atoms with Gasteiger partial charge < -0.3 is 4.90 Å². The van der Waals surface area contributed by atoms with Gasteiger partial charge in [-0.2, -0.15) is 0 Å². The SMILES string of the molecule is O=C(Cc1cccc(F)c1)N1C[C@H]2CC[C@@H]1CN(Cc1ccncc1)C2. The molecule has 0 radical (unpaired) electrons. The number of pyridine rings is 1. The molecule has 1 aromatic carbocycles. The highest BCUT2D eigenvalue weighted by molar-refractivity contribution is 5.79. The largest absolute Gasteiger partial charge is 0.338 e. The molecule has 3 aliphatic rings. The number of nitrogens with zero attached hydrogens (tertiary/aromatic N) is 3. The molecule has 5 heteroatoms. The maximum absolute atomic E-state index is 13.4. The van der Waals surface area contributed by atoms with Crippen LogP contribution in [0.1, 0.15) is 24.0 Å². The van der Waals surface area contributed by atoms with Gasteiger partial charge in [0.25, 0.3) is 0 Å². The minimum Gasteiger partial charge on any atom is -0.338 e. The van der Waals surface area contributed by atoms with Crippen molar-refractivity contribution in [3.63, 3.8) is 0 Å². The summed E-state index contributed by atoms with van der Waals surface area (Å²) in [6, 6.07) is 10.7. The predicted molar refractivity (Wildman–Crippen MR) is 97.8 cm³/mol. The second-order valence-electron chi connectivity index (χ2n) is 7.50. The Morgan fingerprint density at radius 3 is 2.73 bits per heavy atom. The first kappa shape index (κ1) is 17.2. The van der Waals surface area contributed by atoms with Gasteiger partial charge >= 0.3 is 0 Å². The summed E-state index contributed by atoms with van der Waals surface area (Å²) in [7, 11) is 0. The van der Waals surface area contributed by atoms with Crippen LogP contribution in [0.15, 0.2) is 48.8 Å². The van der Waals surface area contributed by atoms with Crippen LogP contribution in [0.2, 0.25) is 0 Å². The van der Waals surface area contributed by atoms with E-state index in [0.717, 1.165) is 38.2 Å². The number of amides is 1. The highest BCUT2D eigenvalue weighted by atomic mass is 19.1. The molecule has 1 amide bonds. The Labute approximate surface area is 153 Å². The predicted octanol–water partition coefficient (Wildman–Crippen LogP) is 2.89. The van der Waals surface area contributed by atoms with Gasteiger partial charge in [0.15, 0.2) is 0 Å². The Morgan fingerprint density at radius 2 is 1.92 bits per heavy atom. The maximum atomic E-state index is 13.4. The molecule has 0 saturated carbocycles. The lowest BCUT2D eigenvalue weighted by Gasteiger charge is -2.36. The lowest BCUT2D eigenvalue weighted by molar-refractivity contribution is -0.134. The maximum Gasteiger partial charge on any atom is 0.227 e. The molecule has 3 saturated heterocycles. The second kappa shape index (κ2) is 7.54. The van der Waals surface area contributed by atoms with E-state index in [-0.39, 0.29) is 24.2 Å². The van der Waals surface area contributed by atoms with Crippen molar-refractivity contribution in [3.05, 3.63) is 65.7 Å². The summed E-state index contributed by atoms with van der Waals surface area (Å²) in [5.41, 5.74) is 2.02. The third-order valence-corrected chi connectivity index (χ3v) is 5.51. The van der Waals surface area contributed by atoms with E-state index in [1.807, 2.05) is 23.4 Å². The van der Waals surface area contributed by atoms with Gasteiger partial charge in [-0.1, -0.05) is 12.1 Å². The van der Waals surface area contributed by atoms with Crippen molar-refractivity contribution in [2.45, 2.75) is 31.8 Å². The number of carbonyl (C=O) groups excluding carboxylic acids is 1. The molecular formula is C21H24FN3O. The summed E-state index contributed by atoms with van der Waals surface area (Å²) in [4.78, 5) is 21.5. The highest BCUT2D eigenvalue weighted by Crippen LogP contribution is 2.29. The molecule has 0 unspecified atom stereocenters. The van der Waals surface area contributed by atoms with Gasteiger partial charge in [-0.05, 0) is 54.2 Å². The minimum atomic E-state index is -0.281. The quantitative estimate of drug-likeness (QED) is 0.848. The van der Waals surface area contributed by atoms with Crippen LogP contribution in [-0.4, -0.2) is 46.4 Å². The lowest BCUT2D eigenvalue weighted by Crippen LogP contribution is -2.48. The van der Waals surface area contributed by atoms with E-state index in [2.05, 4.69) is 22.0 Å². The average Bonchev–Trinajstić information content (AvgIpc) is 2.93. The van der Waals surface area contributed by atoms with Crippen LogP contribution < -0.4 is 0 Å². The molecule has 0 N–H and O–H groups in total. The minimum absolute atomic E-state index is 0.121. The molecule has 4 nitrogen and oxygen atoms in total. The third kappa shape index (κ3) is 3.93. The van der Waals surface area contributed by atoms with Crippen molar-refractivity contribution >= 4 is 5.91 Å². The number of carbonyl (C=O) groups is 1. The van der Waals surface area contributed by atoms with Crippen LogP contribution in [0.25, 0.3) is 0 Å². The topological polar surface area (TPSA) is 36.4 Å². The van der Waals surface area contributed by atoms with Crippen molar-refractivity contribution in [1.29, 1.82) is 0 Å². The van der Waals surface area contributed by atoms with E-state index in [4.69, 9.17) is 0 Å². The second-order valence-corrected chi connectivity index (χ2v) is 7.50. The standard InChI is InChI=1S/C21H24FN3O/c22-19-3-1-2-17(10-19)11-21(26)25-14-18-4-5-20(25)15-24(13-18)12-16-6-8-23-9-7-16/h1-3,6-10,18,20H,4-5,11-15H2/t18-,20+/m0/s1. The summed E-state index contributed by atoms with van der Waals surface area (Å²) in [5, 5.41) is 0. The molecule has 0 aliphatic carbocycles. The number of piperidine rings is 1. The molecule has 1 aromatic heterocycles. The summed E-state index contributed by atoms with van der Waals surface area (Å²) in [6.45, 7) is 3.67. The number of rotatable bonds is 4. The summed E-state index contributed by atoms with van der Waals surface area (Å²) < 4.78 is 13.4. The summed E-state index contributed by atoms with van der Waals surface area (Å²) in [5.74, 6) is 0.360. The van der Waals surface area contributed by atoms with Gasteiger partial charge in [0.05, 0.1) is 6.42 Å². The number of hydrogen-bond donors (Lipinski definition) is 0. The Morgan fingerprint density at radius 1 is 1.08 bits per heavy atom. The van der Waals surface area contributed by atoms with E-state index in [1.54, 1.807) is 6.07 Å². The van der Waals surface area contributed by atoms with Gasteiger partial charge in [0.2, 0.25) is 5.91 Å². The first-order valence-corrected chi connectivity index (χ1v) is 9.32. The van der Waals surface area contributed by atoms with E-state index in [1.165, 1.54) is 24.1 Å². The number of aromatic nitrogens is 1. The molecule has 3 fully saturated rings. The van der Waals surface area contributed by atoms with Gasteiger partial charge in [-0.15, -0.1) is 0 Å². The number of halogens is 1. The first-order chi connectivity index (χ1) is 12.7. The molecule has 2 aromatic rings. The molecular weight excluding hydrogens is 329 g/mol. The summed E-state index contributed by atoms with van der Waals surface area (Å²) >= 11 is 0. The van der Waals surface area contributed by atoms with Gasteiger partial charge in [0.1, 0.15) is 5.82 Å². The molecule has 0 spiro atoms. The van der Waals surface area contributed by atoms with E-state index in [9.17, 15) is 9.18 Å². The number of hydrogen-bond acceptors (Lipinski definition) is 3. The lowest BCUT2D eigenvalue weighted by atomic mass is 9.94. The van der Waals surface area contributed by atoms with Gasteiger partial charge in [-0.3, -0.25) is 14.7 Å². The third-order valence-electron chi connectivity index (χ3n) is 5.51. The van der Waals surface area contributed by atoms with Gasteiger partial charge in [0, 0.05) is 44.6 Å². The van der Waals surface area contributed by atoms with Crippen molar-refractivity contribution in [2.24, 2.45) is 5.92 Å². The smallest absolute Gasteiger partial charge is 0.227 e. The van der Waals surface area contributed by atoms with E-state index >= 15 is 0 Å². The molecule has 136 valence electrons. The van der Waals surface area contributed by atoms with Crippen molar-refractivity contribution in [3.8, 4) is 0 Å². The Balaban J connectivity index is 1.43. The monoisotopic (exact) mass is 353 g/mol. The van der Waals surface area contributed by atoms with Crippen LogP contribution in [-0.2, 0) is 17.8 Å². The Hall–Kier alpha value is -2.27. The first-order valence-electron chi connectivity index (χ1n) is 9.32. The zero-order chi connectivity index (χ0) is 17.9. The van der Waals surface area contributed by atoms with Crippen LogP contribution in [0.4, 0.5) is 4.39 Å². The Kier molecular flexibility index (Phi) is 4.98. The fourth-order valence-corrected chi connectivity index (χ4v) is 4.28. The zero-order valence-electron chi connectivity index (χ0n) is 14.9. The molecule has 4 heterocycles. The van der Waals surface area contributed by atoms with Crippen LogP contribution >= 0.6 is 0 Å². The van der Waals surface area contributed by atoms with Crippen LogP contribution in [0.3, 0.4) is 0 Å². The normalized spacial score (nSPS) is 23.0. The highest BCUT2D eigenvalue weighted by Gasteiger charge is 2.36. The number of fused-ring (bicyclic) bond motifs is 4. The Bertz CT molecular complexity index is 767. The van der Waals surface area contributed by atoms with Crippen molar-refractivity contribution < 1.29 is 9.18 Å². The molecule has 3 aliphatic heterocycles. The van der Waals surface area contributed by atoms with Crippen LogP contribution in [0.5, 0.6) is 0 Å². The average molecular weight is 353 g/mol. The van der Waals surface area contributed by atoms with Gasteiger partial charge in [-0.25, -0.2) is 4.39 Å². The summed E-state index contributed by atoms with van der Waals surface area (Å²) in [6.07, 6.45) is 6.19. The van der Waals surface area contributed by atoms with E-state index < -0.39 is 0 Å². The number of benzene rings is 1. The van der Waals surface area contributed by atoms with Crippen molar-refractivity contribution in [1.82, 2.24) is 14.8 Å². The van der Waals surface area contributed by atoms with Crippen molar-refractivity contribution in [2.75, 3.05) is 19.6 Å². The molecule has 2 bridgehead atoms. The molecule has 5 rings (SSSR count). The fraction of sp³-hybridized carbons (Fsp3) is 0.429. The fourth-order valence-electron chi connectivity index (χ4n) is 4.28. The molecule has 2 atom stereocenters. The van der Waals surface area contributed by atoms with E-state index in [0.29, 0.717) is 5.92 Å².